The maximum Gasteiger partial charge on any atom is 0.329 e. The molecule has 0 unspecified atom stereocenters. The number of carbonyl (C=O) groups is 3. The van der Waals surface area contributed by atoms with E-state index in [0.717, 1.165) is 11.3 Å². The van der Waals surface area contributed by atoms with Crippen LogP contribution in [0.4, 0.5) is 10.5 Å². The van der Waals surface area contributed by atoms with Gasteiger partial charge in [0.25, 0.3) is 5.91 Å². The molecule has 3 aliphatic heterocycles. The monoisotopic (exact) mass is 428 g/mol. The maximum atomic E-state index is 12.7. The van der Waals surface area contributed by atoms with Gasteiger partial charge in [0.2, 0.25) is 5.91 Å². The third-order valence-electron chi connectivity index (χ3n) is 6.80. The zero-order chi connectivity index (χ0) is 21.8. The summed E-state index contributed by atoms with van der Waals surface area (Å²) in [6, 6.07) is 6.21. The molecule has 0 saturated carbocycles. The predicted octanol–water partition coefficient (Wildman–Crippen LogP) is 2.28. The predicted molar refractivity (Wildman–Crippen MR) is 117 cm³/mol. The molecule has 1 aromatic carbocycles. The molecule has 3 heterocycles. The number of hydrogen-bond acceptors (Lipinski definition) is 5. The largest absolute Gasteiger partial charge is 0.497 e. The number of imide groups is 1. The number of anilines is 1. The Morgan fingerprint density at radius 2 is 1.90 bits per heavy atom. The smallest absolute Gasteiger partial charge is 0.329 e. The van der Waals surface area contributed by atoms with Gasteiger partial charge in [-0.2, -0.15) is 0 Å². The zero-order valence-electron chi connectivity index (χ0n) is 18.1. The number of methoxy groups -OCH3 is 1. The molecule has 3 fully saturated rings. The van der Waals surface area contributed by atoms with E-state index >= 15 is 0 Å². The highest BCUT2D eigenvalue weighted by Crippen LogP contribution is 2.30. The van der Waals surface area contributed by atoms with Crippen molar-refractivity contribution < 1.29 is 19.1 Å². The Kier molecular flexibility index (Phi) is 6.75. The molecule has 0 radical (unpaired) electrons. The Balaban J connectivity index is 1.25. The minimum atomic E-state index is -0.677. The van der Waals surface area contributed by atoms with Crippen LogP contribution in [0, 0.1) is 5.92 Å². The van der Waals surface area contributed by atoms with Gasteiger partial charge in [-0.1, -0.05) is 6.42 Å². The van der Waals surface area contributed by atoms with Crippen molar-refractivity contribution in [2.24, 2.45) is 5.92 Å². The quantitative estimate of drug-likeness (QED) is 0.651. The highest BCUT2D eigenvalue weighted by atomic mass is 16.5. The van der Waals surface area contributed by atoms with E-state index in [0.29, 0.717) is 36.4 Å². The van der Waals surface area contributed by atoms with E-state index in [1.165, 1.54) is 38.8 Å². The fourth-order valence-electron chi connectivity index (χ4n) is 5.13. The summed E-state index contributed by atoms with van der Waals surface area (Å²) in [5.74, 6) is 0.778. The van der Waals surface area contributed by atoms with E-state index in [4.69, 9.17) is 4.74 Å². The fraction of sp³-hybridized carbons (Fsp3) is 0.609. The SMILES string of the molecule is COc1ccc(N2C(=O)N[C@H](CCC(=O)NC[C@@H]3CCCN4CCCC[C@H]34)C2=O)cc1. The molecule has 0 spiro atoms. The van der Waals surface area contributed by atoms with Gasteiger partial charge >= 0.3 is 6.03 Å². The number of amides is 4. The van der Waals surface area contributed by atoms with Crippen molar-refractivity contribution >= 4 is 23.5 Å². The molecule has 0 aromatic heterocycles. The fourth-order valence-corrected chi connectivity index (χ4v) is 5.13. The number of rotatable bonds is 7. The summed E-state index contributed by atoms with van der Waals surface area (Å²) in [6.07, 6.45) is 6.65. The zero-order valence-corrected chi connectivity index (χ0v) is 18.1. The first kappa shape index (κ1) is 21.6. The van der Waals surface area contributed by atoms with Gasteiger partial charge in [-0.25, -0.2) is 9.69 Å². The first-order valence-corrected chi connectivity index (χ1v) is 11.4. The van der Waals surface area contributed by atoms with E-state index in [2.05, 4.69) is 15.5 Å². The van der Waals surface area contributed by atoms with Crippen molar-refractivity contribution in [3.63, 3.8) is 0 Å². The molecule has 4 rings (SSSR count). The summed E-state index contributed by atoms with van der Waals surface area (Å²) in [6.45, 7) is 3.07. The molecule has 2 N–H and O–H groups in total. The molecule has 4 amide bonds. The maximum absolute atomic E-state index is 12.7. The average Bonchev–Trinajstić information content (AvgIpc) is 3.09. The van der Waals surface area contributed by atoms with Crippen molar-refractivity contribution in [3.8, 4) is 5.75 Å². The molecule has 168 valence electrons. The molecule has 8 heteroatoms. The van der Waals surface area contributed by atoms with Gasteiger partial charge in [0, 0.05) is 19.0 Å². The van der Waals surface area contributed by atoms with Crippen LogP contribution < -0.4 is 20.3 Å². The van der Waals surface area contributed by atoms with Crippen LogP contribution in [-0.4, -0.2) is 61.6 Å². The van der Waals surface area contributed by atoms with Crippen LogP contribution in [0.5, 0.6) is 5.75 Å². The van der Waals surface area contributed by atoms with Gasteiger partial charge in [0.15, 0.2) is 0 Å². The highest BCUT2D eigenvalue weighted by Gasteiger charge is 2.39. The number of carbonyl (C=O) groups excluding carboxylic acids is 3. The van der Waals surface area contributed by atoms with Crippen molar-refractivity contribution in [1.82, 2.24) is 15.5 Å². The van der Waals surface area contributed by atoms with Gasteiger partial charge in [-0.15, -0.1) is 0 Å². The molecule has 8 nitrogen and oxygen atoms in total. The Morgan fingerprint density at radius 3 is 2.68 bits per heavy atom. The molecular formula is C23H32N4O4. The number of hydrogen-bond donors (Lipinski definition) is 2. The van der Waals surface area contributed by atoms with Gasteiger partial charge in [0.1, 0.15) is 11.8 Å². The summed E-state index contributed by atoms with van der Waals surface area (Å²) >= 11 is 0. The molecular weight excluding hydrogens is 396 g/mol. The minimum absolute atomic E-state index is 0.0575. The summed E-state index contributed by atoms with van der Waals surface area (Å²) in [7, 11) is 1.56. The Hall–Kier alpha value is -2.61. The van der Waals surface area contributed by atoms with Crippen LogP contribution in [0.1, 0.15) is 44.9 Å². The standard InChI is InChI=1S/C23H32N4O4/c1-31-18-9-7-17(8-10-18)27-22(29)19(25-23(27)30)11-12-21(28)24-15-16-5-4-14-26-13-3-2-6-20(16)26/h7-10,16,19-20H,2-6,11-15H2,1H3,(H,24,28)(H,25,30)/t16-,19+,20+/m0/s1. The average molecular weight is 429 g/mol. The molecule has 3 saturated heterocycles. The minimum Gasteiger partial charge on any atom is -0.497 e. The summed E-state index contributed by atoms with van der Waals surface area (Å²) in [5, 5.41) is 5.77. The third kappa shape index (κ3) is 4.84. The summed E-state index contributed by atoms with van der Waals surface area (Å²) in [5.41, 5.74) is 0.490. The lowest BCUT2D eigenvalue weighted by molar-refractivity contribution is -0.122. The van der Waals surface area contributed by atoms with E-state index in [1.807, 2.05) is 0 Å². The molecule has 1 aromatic rings. The van der Waals surface area contributed by atoms with E-state index in [9.17, 15) is 14.4 Å². The van der Waals surface area contributed by atoms with Crippen molar-refractivity contribution in [2.75, 3.05) is 31.6 Å². The Morgan fingerprint density at radius 1 is 1.13 bits per heavy atom. The summed E-state index contributed by atoms with van der Waals surface area (Å²) in [4.78, 5) is 41.2. The van der Waals surface area contributed by atoms with Crippen LogP contribution in [-0.2, 0) is 9.59 Å². The van der Waals surface area contributed by atoms with Crippen molar-refractivity contribution in [1.29, 1.82) is 0 Å². The first-order valence-electron chi connectivity index (χ1n) is 11.4. The molecule has 3 atom stereocenters. The van der Waals surface area contributed by atoms with Gasteiger partial charge in [-0.05, 0) is 75.4 Å². The lowest BCUT2D eigenvalue weighted by Crippen LogP contribution is -2.51. The van der Waals surface area contributed by atoms with Crippen LogP contribution in [0.15, 0.2) is 24.3 Å². The van der Waals surface area contributed by atoms with Crippen LogP contribution in [0.3, 0.4) is 0 Å². The Bertz CT molecular complexity index is 810. The third-order valence-corrected chi connectivity index (χ3v) is 6.80. The van der Waals surface area contributed by atoms with Crippen LogP contribution in [0.25, 0.3) is 0 Å². The summed E-state index contributed by atoms with van der Waals surface area (Å²) < 4.78 is 5.12. The molecule has 3 aliphatic rings. The van der Waals surface area contributed by atoms with Crippen molar-refractivity contribution in [2.45, 2.75) is 57.0 Å². The number of fused-ring (bicyclic) bond motifs is 1. The van der Waals surface area contributed by atoms with Gasteiger partial charge in [-0.3, -0.25) is 9.59 Å². The molecule has 31 heavy (non-hydrogen) atoms. The lowest BCUT2D eigenvalue weighted by Gasteiger charge is -2.44. The number of ether oxygens (including phenoxy) is 1. The molecule has 0 bridgehead atoms. The van der Waals surface area contributed by atoms with E-state index in [-0.39, 0.29) is 18.2 Å². The normalized spacial score (nSPS) is 26.4. The Labute approximate surface area is 183 Å². The van der Waals surface area contributed by atoms with E-state index < -0.39 is 12.1 Å². The first-order chi connectivity index (χ1) is 15.1. The van der Waals surface area contributed by atoms with Gasteiger partial charge in [0.05, 0.1) is 12.8 Å². The van der Waals surface area contributed by atoms with E-state index in [1.54, 1.807) is 31.4 Å². The topological polar surface area (TPSA) is 91.0 Å². The van der Waals surface area contributed by atoms with Gasteiger partial charge < -0.3 is 20.3 Å². The van der Waals surface area contributed by atoms with Crippen molar-refractivity contribution in [3.05, 3.63) is 24.3 Å². The second kappa shape index (κ2) is 9.68. The number of urea groups is 1. The van der Waals surface area contributed by atoms with Crippen LogP contribution >= 0.6 is 0 Å². The molecule has 0 aliphatic carbocycles. The number of nitrogens with zero attached hydrogens (tertiary/aromatic N) is 2. The second-order valence-corrected chi connectivity index (χ2v) is 8.72. The number of benzene rings is 1. The number of piperidine rings is 2. The van der Waals surface area contributed by atoms with Crippen LogP contribution in [0.2, 0.25) is 0 Å². The highest BCUT2D eigenvalue weighted by molar-refractivity contribution is 6.21. The second-order valence-electron chi connectivity index (χ2n) is 8.72. The number of nitrogens with one attached hydrogen (secondary N) is 2. The lowest BCUT2D eigenvalue weighted by atomic mass is 9.83.